The van der Waals surface area contributed by atoms with E-state index in [2.05, 4.69) is 4.98 Å². The van der Waals surface area contributed by atoms with Crippen molar-refractivity contribution >= 4 is 26.5 Å². The molecule has 2 heterocycles. The zero-order chi connectivity index (χ0) is 11.3. The molecule has 0 unspecified atom stereocenters. The van der Waals surface area contributed by atoms with Gasteiger partial charge in [-0.05, 0) is 26.0 Å². The SMILES string of the molecule is Cc1nc2sc3ccccc3n2c(=O)c1C. The van der Waals surface area contributed by atoms with Crippen LogP contribution in [0, 0.1) is 13.8 Å². The summed E-state index contributed by atoms with van der Waals surface area (Å²) >= 11 is 1.55. The van der Waals surface area contributed by atoms with Gasteiger partial charge in [0.1, 0.15) is 0 Å². The van der Waals surface area contributed by atoms with Crippen molar-refractivity contribution in [1.82, 2.24) is 9.38 Å². The standard InChI is InChI=1S/C12H10N2OS/c1-7-8(2)13-12-14(11(7)15)9-5-3-4-6-10(9)16-12/h3-6H,1-2H3. The molecule has 0 aliphatic heterocycles. The zero-order valence-electron chi connectivity index (χ0n) is 9.02. The highest BCUT2D eigenvalue weighted by molar-refractivity contribution is 7.23. The predicted octanol–water partition coefficient (Wildman–Crippen LogP) is 2.53. The molecule has 0 N–H and O–H groups in total. The Morgan fingerprint density at radius 3 is 2.81 bits per heavy atom. The molecule has 0 aliphatic rings. The normalized spacial score (nSPS) is 11.4. The molecule has 0 spiro atoms. The van der Waals surface area contributed by atoms with Gasteiger partial charge in [-0.3, -0.25) is 9.20 Å². The fourth-order valence-electron chi connectivity index (χ4n) is 1.79. The van der Waals surface area contributed by atoms with Crippen LogP contribution in [0.5, 0.6) is 0 Å². The molecule has 0 saturated heterocycles. The Labute approximate surface area is 96.0 Å². The largest absolute Gasteiger partial charge is 0.269 e. The van der Waals surface area contributed by atoms with Crippen molar-refractivity contribution < 1.29 is 0 Å². The molecule has 0 bridgehead atoms. The number of fused-ring (bicyclic) bond motifs is 3. The van der Waals surface area contributed by atoms with E-state index in [9.17, 15) is 4.79 Å². The molecule has 2 aromatic heterocycles. The quantitative estimate of drug-likeness (QED) is 0.594. The summed E-state index contributed by atoms with van der Waals surface area (Å²) in [4.78, 5) is 17.4. The van der Waals surface area contributed by atoms with Gasteiger partial charge in [-0.2, -0.15) is 0 Å². The summed E-state index contributed by atoms with van der Waals surface area (Å²) in [6, 6.07) is 7.88. The van der Waals surface area contributed by atoms with Gasteiger partial charge in [0.15, 0.2) is 4.96 Å². The molecular formula is C12H10N2OS. The predicted molar refractivity (Wildman–Crippen MR) is 66.3 cm³/mol. The van der Waals surface area contributed by atoms with Gasteiger partial charge in [0.25, 0.3) is 5.56 Å². The summed E-state index contributed by atoms with van der Waals surface area (Å²) in [5.74, 6) is 0. The van der Waals surface area contributed by atoms with Crippen LogP contribution in [0.25, 0.3) is 15.2 Å². The van der Waals surface area contributed by atoms with Crippen LogP contribution in [-0.4, -0.2) is 9.38 Å². The Hall–Kier alpha value is -1.68. The Morgan fingerprint density at radius 2 is 2.00 bits per heavy atom. The van der Waals surface area contributed by atoms with Crippen LogP contribution in [0.15, 0.2) is 29.1 Å². The Balaban J connectivity index is 2.68. The van der Waals surface area contributed by atoms with E-state index in [1.165, 1.54) is 0 Å². The van der Waals surface area contributed by atoms with E-state index in [1.54, 1.807) is 15.7 Å². The van der Waals surface area contributed by atoms with Crippen LogP contribution in [0.1, 0.15) is 11.3 Å². The van der Waals surface area contributed by atoms with E-state index in [0.717, 1.165) is 26.4 Å². The number of hydrogen-bond donors (Lipinski definition) is 0. The summed E-state index contributed by atoms with van der Waals surface area (Å²) in [6.07, 6.45) is 0. The minimum absolute atomic E-state index is 0.0416. The van der Waals surface area contributed by atoms with Crippen LogP contribution in [0.3, 0.4) is 0 Å². The molecule has 0 saturated carbocycles. The maximum absolute atomic E-state index is 12.2. The van der Waals surface area contributed by atoms with Crippen LogP contribution in [0.2, 0.25) is 0 Å². The summed E-state index contributed by atoms with van der Waals surface area (Å²) < 4.78 is 2.79. The minimum atomic E-state index is 0.0416. The number of para-hydroxylation sites is 1. The van der Waals surface area contributed by atoms with E-state index in [-0.39, 0.29) is 5.56 Å². The van der Waals surface area contributed by atoms with Gasteiger partial charge in [0.05, 0.1) is 10.2 Å². The van der Waals surface area contributed by atoms with Crippen LogP contribution < -0.4 is 5.56 Å². The third-order valence-electron chi connectivity index (χ3n) is 2.83. The first-order chi connectivity index (χ1) is 7.68. The fraction of sp³-hybridized carbons (Fsp3) is 0.167. The highest BCUT2D eigenvalue weighted by Crippen LogP contribution is 2.23. The van der Waals surface area contributed by atoms with Crippen molar-refractivity contribution in [3.8, 4) is 0 Å². The second-order valence-corrected chi connectivity index (χ2v) is 4.82. The van der Waals surface area contributed by atoms with Crippen LogP contribution in [-0.2, 0) is 0 Å². The Bertz CT molecular complexity index is 755. The van der Waals surface area contributed by atoms with Crippen molar-refractivity contribution in [3.63, 3.8) is 0 Å². The number of rotatable bonds is 0. The van der Waals surface area contributed by atoms with E-state index in [0.29, 0.717) is 0 Å². The number of benzene rings is 1. The number of hydrogen-bond acceptors (Lipinski definition) is 3. The molecule has 3 aromatic rings. The monoisotopic (exact) mass is 230 g/mol. The van der Waals surface area contributed by atoms with Gasteiger partial charge in [0, 0.05) is 11.3 Å². The molecule has 1 aromatic carbocycles. The first-order valence-electron chi connectivity index (χ1n) is 5.06. The van der Waals surface area contributed by atoms with Crippen molar-refractivity contribution in [1.29, 1.82) is 0 Å². The molecule has 3 nitrogen and oxygen atoms in total. The van der Waals surface area contributed by atoms with E-state index in [1.807, 2.05) is 38.1 Å². The van der Waals surface area contributed by atoms with Crippen molar-refractivity contribution in [3.05, 3.63) is 45.9 Å². The van der Waals surface area contributed by atoms with Crippen molar-refractivity contribution in [2.75, 3.05) is 0 Å². The molecule has 0 amide bonds. The average molecular weight is 230 g/mol. The average Bonchev–Trinajstić information content (AvgIpc) is 2.64. The first-order valence-corrected chi connectivity index (χ1v) is 5.87. The van der Waals surface area contributed by atoms with Crippen molar-refractivity contribution in [2.24, 2.45) is 0 Å². The summed E-state index contributed by atoms with van der Waals surface area (Å²) in [5, 5.41) is 0. The number of aryl methyl sites for hydroxylation is 1. The van der Waals surface area contributed by atoms with Crippen LogP contribution in [0.4, 0.5) is 0 Å². The van der Waals surface area contributed by atoms with E-state index in [4.69, 9.17) is 0 Å². The van der Waals surface area contributed by atoms with Gasteiger partial charge in [-0.1, -0.05) is 23.5 Å². The molecule has 0 atom stereocenters. The molecule has 16 heavy (non-hydrogen) atoms. The van der Waals surface area contributed by atoms with Gasteiger partial charge in [-0.25, -0.2) is 4.98 Å². The molecule has 4 heteroatoms. The smallest absolute Gasteiger partial charge is 0.262 e. The van der Waals surface area contributed by atoms with Gasteiger partial charge >= 0.3 is 0 Å². The third kappa shape index (κ3) is 1.13. The van der Waals surface area contributed by atoms with Crippen LogP contribution >= 0.6 is 11.3 Å². The Morgan fingerprint density at radius 1 is 1.25 bits per heavy atom. The van der Waals surface area contributed by atoms with E-state index >= 15 is 0 Å². The summed E-state index contributed by atoms with van der Waals surface area (Å²) in [5.41, 5.74) is 2.53. The lowest BCUT2D eigenvalue weighted by molar-refractivity contribution is 1.03. The molecule has 80 valence electrons. The summed E-state index contributed by atoms with van der Waals surface area (Å²) in [6.45, 7) is 3.70. The molecule has 0 aliphatic carbocycles. The molecule has 0 fully saturated rings. The number of aromatic nitrogens is 2. The molecule has 3 rings (SSSR count). The molecule has 0 radical (unpaired) electrons. The topological polar surface area (TPSA) is 34.4 Å². The second-order valence-electron chi connectivity index (χ2n) is 3.82. The van der Waals surface area contributed by atoms with Gasteiger partial charge in [0.2, 0.25) is 0 Å². The second kappa shape index (κ2) is 3.15. The number of nitrogens with zero attached hydrogens (tertiary/aromatic N) is 2. The summed E-state index contributed by atoms with van der Waals surface area (Å²) in [7, 11) is 0. The highest BCUT2D eigenvalue weighted by Gasteiger charge is 2.10. The zero-order valence-corrected chi connectivity index (χ0v) is 9.84. The lowest BCUT2D eigenvalue weighted by Gasteiger charge is -1.99. The molecular weight excluding hydrogens is 220 g/mol. The third-order valence-corrected chi connectivity index (χ3v) is 3.85. The fourth-order valence-corrected chi connectivity index (χ4v) is 2.86. The van der Waals surface area contributed by atoms with Gasteiger partial charge in [-0.15, -0.1) is 0 Å². The lowest BCUT2D eigenvalue weighted by Crippen LogP contribution is -2.17. The Kier molecular flexibility index (Phi) is 1.88. The minimum Gasteiger partial charge on any atom is -0.269 e. The van der Waals surface area contributed by atoms with E-state index < -0.39 is 0 Å². The maximum atomic E-state index is 12.2. The maximum Gasteiger partial charge on any atom is 0.262 e. The highest BCUT2D eigenvalue weighted by atomic mass is 32.1. The van der Waals surface area contributed by atoms with Gasteiger partial charge < -0.3 is 0 Å². The lowest BCUT2D eigenvalue weighted by atomic mass is 10.2. The first kappa shape index (κ1) is 9.54. The number of thiazole rings is 1. The van der Waals surface area contributed by atoms with Crippen molar-refractivity contribution in [2.45, 2.75) is 13.8 Å².